The molecule has 0 heterocycles. The largest absolute Gasteiger partial charge is 0.373 e. The zero-order valence-corrected chi connectivity index (χ0v) is 14.4. The molecule has 6 nitrogen and oxygen atoms in total. The van der Waals surface area contributed by atoms with E-state index >= 15 is 0 Å². The van der Waals surface area contributed by atoms with Gasteiger partial charge in [0.1, 0.15) is 5.69 Å². The van der Waals surface area contributed by atoms with Crippen molar-refractivity contribution in [1.29, 1.82) is 0 Å². The summed E-state index contributed by atoms with van der Waals surface area (Å²) in [5, 5.41) is 14.5. The van der Waals surface area contributed by atoms with E-state index in [-0.39, 0.29) is 16.6 Å². The predicted octanol–water partition coefficient (Wildman–Crippen LogP) is 3.95. The Labute approximate surface area is 141 Å². The molecule has 0 aromatic heterocycles. The molecule has 0 aliphatic carbocycles. The lowest BCUT2D eigenvalue weighted by atomic mass is 10.0. The Morgan fingerprint density at radius 3 is 2.38 bits per heavy atom. The lowest BCUT2D eigenvalue weighted by molar-refractivity contribution is -0.384. The van der Waals surface area contributed by atoms with Crippen LogP contribution in [-0.4, -0.2) is 19.6 Å². The Kier molecular flexibility index (Phi) is 5.56. The quantitative estimate of drug-likeness (QED) is 0.604. The van der Waals surface area contributed by atoms with Crippen LogP contribution >= 0.6 is 0 Å². The molecule has 1 N–H and O–H groups in total. The molecule has 0 saturated heterocycles. The SMILES string of the molecule is CCCC(Nc1ccc(S(C)(=O)=O)cc1[N+](=O)[O-])c1ccccc1. The van der Waals surface area contributed by atoms with Crippen LogP contribution in [0.1, 0.15) is 31.4 Å². The number of nitrogens with one attached hydrogen (secondary N) is 1. The van der Waals surface area contributed by atoms with Crippen LogP contribution in [-0.2, 0) is 9.84 Å². The van der Waals surface area contributed by atoms with Crippen molar-refractivity contribution in [2.75, 3.05) is 11.6 Å². The number of hydrogen-bond acceptors (Lipinski definition) is 5. The van der Waals surface area contributed by atoms with Crippen LogP contribution < -0.4 is 5.32 Å². The standard InChI is InChI=1S/C17H20N2O4S/c1-3-7-15(13-8-5-4-6-9-13)18-16-11-10-14(24(2,22)23)12-17(16)19(20)21/h4-6,8-12,15,18H,3,7H2,1-2H3. The van der Waals surface area contributed by atoms with E-state index in [0.29, 0.717) is 5.69 Å². The van der Waals surface area contributed by atoms with Gasteiger partial charge in [0.05, 0.1) is 15.9 Å². The van der Waals surface area contributed by atoms with E-state index in [1.165, 1.54) is 12.1 Å². The van der Waals surface area contributed by atoms with Gasteiger partial charge in [-0.05, 0) is 24.1 Å². The first kappa shape index (κ1) is 17.9. The molecule has 1 atom stereocenters. The van der Waals surface area contributed by atoms with Crippen molar-refractivity contribution in [2.24, 2.45) is 0 Å². The molecule has 0 radical (unpaired) electrons. The number of hydrogen-bond donors (Lipinski definition) is 1. The first-order valence-electron chi connectivity index (χ1n) is 7.63. The van der Waals surface area contributed by atoms with Crippen LogP contribution in [0.15, 0.2) is 53.4 Å². The molecule has 0 fully saturated rings. The first-order valence-corrected chi connectivity index (χ1v) is 9.52. The van der Waals surface area contributed by atoms with Crippen molar-refractivity contribution in [3.63, 3.8) is 0 Å². The number of benzene rings is 2. The maximum atomic E-state index is 11.6. The predicted molar refractivity (Wildman–Crippen MR) is 93.9 cm³/mol. The lowest BCUT2D eigenvalue weighted by Crippen LogP contribution is -2.12. The molecule has 128 valence electrons. The molecule has 7 heteroatoms. The first-order chi connectivity index (χ1) is 11.3. The third kappa shape index (κ3) is 4.32. The molecule has 0 bridgehead atoms. The molecular weight excluding hydrogens is 328 g/mol. The molecule has 24 heavy (non-hydrogen) atoms. The van der Waals surface area contributed by atoms with Gasteiger partial charge in [-0.15, -0.1) is 0 Å². The van der Waals surface area contributed by atoms with Gasteiger partial charge in [-0.25, -0.2) is 8.42 Å². The van der Waals surface area contributed by atoms with Gasteiger partial charge in [0.15, 0.2) is 9.84 Å². The highest BCUT2D eigenvalue weighted by Gasteiger charge is 2.21. The summed E-state index contributed by atoms with van der Waals surface area (Å²) < 4.78 is 23.2. The number of rotatable bonds is 7. The zero-order valence-electron chi connectivity index (χ0n) is 13.6. The average Bonchev–Trinajstić information content (AvgIpc) is 2.54. The van der Waals surface area contributed by atoms with Gasteiger partial charge in [0.25, 0.3) is 5.69 Å². The van der Waals surface area contributed by atoms with Crippen molar-refractivity contribution in [2.45, 2.75) is 30.7 Å². The van der Waals surface area contributed by atoms with E-state index in [9.17, 15) is 18.5 Å². The van der Waals surface area contributed by atoms with Crippen molar-refractivity contribution in [3.05, 3.63) is 64.2 Å². The van der Waals surface area contributed by atoms with Crippen LogP contribution in [0.5, 0.6) is 0 Å². The summed E-state index contributed by atoms with van der Waals surface area (Å²) in [7, 11) is -3.50. The summed E-state index contributed by atoms with van der Waals surface area (Å²) in [5.74, 6) is 0. The molecule has 0 aliphatic heterocycles. The lowest BCUT2D eigenvalue weighted by Gasteiger charge is -2.20. The van der Waals surface area contributed by atoms with Gasteiger partial charge in [0, 0.05) is 12.3 Å². The van der Waals surface area contributed by atoms with Gasteiger partial charge in [0.2, 0.25) is 0 Å². The Hall–Kier alpha value is -2.41. The summed E-state index contributed by atoms with van der Waals surface area (Å²) in [6.45, 7) is 2.04. The monoisotopic (exact) mass is 348 g/mol. The topological polar surface area (TPSA) is 89.3 Å². The fourth-order valence-corrected chi connectivity index (χ4v) is 3.14. The van der Waals surface area contributed by atoms with Gasteiger partial charge in [-0.2, -0.15) is 0 Å². The fourth-order valence-electron chi connectivity index (χ4n) is 2.50. The van der Waals surface area contributed by atoms with Crippen LogP contribution in [0.3, 0.4) is 0 Å². The summed E-state index contributed by atoms with van der Waals surface area (Å²) in [6.07, 6.45) is 2.74. The molecular formula is C17H20N2O4S. The summed E-state index contributed by atoms with van der Waals surface area (Å²) in [4.78, 5) is 10.7. The van der Waals surface area contributed by atoms with Gasteiger partial charge in [-0.1, -0.05) is 43.7 Å². The smallest absolute Gasteiger partial charge is 0.293 e. The maximum Gasteiger partial charge on any atom is 0.293 e. The second-order valence-electron chi connectivity index (χ2n) is 5.60. The summed E-state index contributed by atoms with van der Waals surface area (Å²) in [6, 6.07) is 13.5. The Morgan fingerprint density at radius 2 is 1.83 bits per heavy atom. The van der Waals surface area contributed by atoms with Gasteiger partial charge >= 0.3 is 0 Å². The number of anilines is 1. The molecule has 2 aromatic carbocycles. The Morgan fingerprint density at radius 1 is 1.17 bits per heavy atom. The minimum atomic E-state index is -3.50. The molecule has 1 unspecified atom stereocenters. The number of nitro benzene ring substituents is 1. The molecule has 0 spiro atoms. The van der Waals surface area contributed by atoms with Crippen molar-refractivity contribution < 1.29 is 13.3 Å². The van der Waals surface area contributed by atoms with E-state index < -0.39 is 14.8 Å². The average molecular weight is 348 g/mol. The fraction of sp³-hybridized carbons (Fsp3) is 0.294. The summed E-state index contributed by atoms with van der Waals surface area (Å²) in [5.41, 5.74) is 1.10. The summed E-state index contributed by atoms with van der Waals surface area (Å²) >= 11 is 0. The molecule has 0 aliphatic rings. The minimum absolute atomic E-state index is 0.0634. The van der Waals surface area contributed by atoms with Crippen molar-refractivity contribution >= 4 is 21.2 Å². The van der Waals surface area contributed by atoms with Crippen LogP contribution in [0.4, 0.5) is 11.4 Å². The van der Waals surface area contributed by atoms with E-state index in [4.69, 9.17) is 0 Å². The number of sulfone groups is 1. The third-order valence-electron chi connectivity index (χ3n) is 3.70. The van der Waals surface area contributed by atoms with E-state index in [1.807, 2.05) is 37.3 Å². The number of nitro groups is 1. The Balaban J connectivity index is 2.41. The van der Waals surface area contributed by atoms with E-state index in [1.54, 1.807) is 0 Å². The van der Waals surface area contributed by atoms with Crippen molar-refractivity contribution in [1.82, 2.24) is 0 Å². The highest BCUT2D eigenvalue weighted by molar-refractivity contribution is 7.90. The van der Waals surface area contributed by atoms with Crippen LogP contribution in [0, 0.1) is 10.1 Å². The second-order valence-corrected chi connectivity index (χ2v) is 7.62. The maximum absolute atomic E-state index is 11.6. The highest BCUT2D eigenvalue weighted by atomic mass is 32.2. The van der Waals surface area contributed by atoms with Crippen LogP contribution in [0.25, 0.3) is 0 Å². The molecule has 0 amide bonds. The molecule has 0 saturated carbocycles. The molecule has 2 rings (SSSR count). The number of nitrogens with zero attached hydrogens (tertiary/aromatic N) is 1. The van der Waals surface area contributed by atoms with E-state index in [0.717, 1.165) is 30.7 Å². The zero-order chi connectivity index (χ0) is 17.7. The third-order valence-corrected chi connectivity index (χ3v) is 4.81. The minimum Gasteiger partial charge on any atom is -0.373 e. The van der Waals surface area contributed by atoms with Gasteiger partial charge in [-0.3, -0.25) is 10.1 Å². The Bertz CT molecular complexity index is 820. The normalized spacial score (nSPS) is 12.6. The van der Waals surface area contributed by atoms with Gasteiger partial charge < -0.3 is 5.32 Å². The van der Waals surface area contributed by atoms with Crippen molar-refractivity contribution in [3.8, 4) is 0 Å². The van der Waals surface area contributed by atoms with Crippen LogP contribution in [0.2, 0.25) is 0 Å². The highest BCUT2D eigenvalue weighted by Crippen LogP contribution is 2.32. The van der Waals surface area contributed by atoms with E-state index in [2.05, 4.69) is 5.32 Å². The second kappa shape index (κ2) is 7.44. The molecule has 2 aromatic rings.